The van der Waals surface area contributed by atoms with Crippen molar-refractivity contribution in [2.45, 2.75) is 37.8 Å². The van der Waals surface area contributed by atoms with E-state index in [0.29, 0.717) is 18.8 Å². The first-order valence-electron chi connectivity index (χ1n) is 7.58. The van der Waals surface area contributed by atoms with E-state index in [2.05, 4.69) is 0 Å². The Labute approximate surface area is 124 Å². The van der Waals surface area contributed by atoms with Crippen LogP contribution in [-0.4, -0.2) is 36.0 Å². The van der Waals surface area contributed by atoms with Gasteiger partial charge in [0.1, 0.15) is 17.7 Å². The van der Waals surface area contributed by atoms with Gasteiger partial charge in [-0.25, -0.2) is 4.39 Å². The van der Waals surface area contributed by atoms with Crippen LogP contribution in [0.25, 0.3) is 0 Å². The summed E-state index contributed by atoms with van der Waals surface area (Å²) in [6.07, 6.45) is 3.28. The minimum atomic E-state index is -0.290. The van der Waals surface area contributed by atoms with Crippen molar-refractivity contribution >= 4 is 5.91 Å². The van der Waals surface area contributed by atoms with Crippen molar-refractivity contribution in [2.24, 2.45) is 11.7 Å². The molecule has 1 aliphatic heterocycles. The summed E-state index contributed by atoms with van der Waals surface area (Å²) in [5.74, 6) is 0.632. The standard InChI is InChI=1S/C16H21FN2O2/c17-12-2-1-3-15(10-12)21-14-4-6-19(7-5-14)16(20)11-8-13(18)9-11/h1-3,10-11,13-14H,4-9,18H2. The summed E-state index contributed by atoms with van der Waals surface area (Å²) < 4.78 is 18.9. The molecule has 3 rings (SSSR count). The maximum Gasteiger partial charge on any atom is 0.225 e. The van der Waals surface area contributed by atoms with Crippen LogP contribution in [0, 0.1) is 11.7 Å². The number of hydrogen-bond acceptors (Lipinski definition) is 3. The van der Waals surface area contributed by atoms with Crippen LogP contribution in [0.5, 0.6) is 5.75 Å². The highest BCUT2D eigenvalue weighted by atomic mass is 19.1. The van der Waals surface area contributed by atoms with Crippen molar-refractivity contribution in [3.63, 3.8) is 0 Å². The number of carbonyl (C=O) groups excluding carboxylic acids is 1. The van der Waals surface area contributed by atoms with Crippen LogP contribution in [0.4, 0.5) is 4.39 Å². The van der Waals surface area contributed by atoms with Gasteiger partial charge in [-0.15, -0.1) is 0 Å². The first-order chi connectivity index (χ1) is 10.1. The van der Waals surface area contributed by atoms with Crippen molar-refractivity contribution in [3.8, 4) is 5.75 Å². The zero-order valence-corrected chi connectivity index (χ0v) is 12.0. The fraction of sp³-hybridized carbons (Fsp3) is 0.562. The minimum absolute atomic E-state index is 0.0551. The van der Waals surface area contributed by atoms with E-state index in [-0.39, 0.29) is 29.8 Å². The molecule has 1 heterocycles. The van der Waals surface area contributed by atoms with Gasteiger partial charge in [-0.2, -0.15) is 0 Å². The quantitative estimate of drug-likeness (QED) is 0.926. The molecular formula is C16H21FN2O2. The van der Waals surface area contributed by atoms with Crippen LogP contribution >= 0.6 is 0 Å². The lowest BCUT2D eigenvalue weighted by Crippen LogP contribution is -2.50. The summed E-state index contributed by atoms with van der Waals surface area (Å²) in [5, 5.41) is 0. The summed E-state index contributed by atoms with van der Waals surface area (Å²) in [6.45, 7) is 1.43. The Hall–Kier alpha value is -1.62. The van der Waals surface area contributed by atoms with E-state index in [1.165, 1.54) is 12.1 Å². The fourth-order valence-corrected chi connectivity index (χ4v) is 3.05. The Morgan fingerprint density at radius 1 is 1.29 bits per heavy atom. The van der Waals surface area contributed by atoms with Gasteiger partial charge in [0.25, 0.3) is 0 Å². The van der Waals surface area contributed by atoms with Gasteiger partial charge in [-0.05, 0) is 25.0 Å². The van der Waals surface area contributed by atoms with Crippen LogP contribution < -0.4 is 10.5 Å². The molecule has 2 fully saturated rings. The highest BCUT2D eigenvalue weighted by molar-refractivity contribution is 5.80. The molecule has 5 heteroatoms. The summed E-state index contributed by atoms with van der Waals surface area (Å²) >= 11 is 0. The molecule has 4 nitrogen and oxygen atoms in total. The molecule has 1 aliphatic carbocycles. The molecule has 1 saturated heterocycles. The number of amides is 1. The van der Waals surface area contributed by atoms with Gasteiger partial charge < -0.3 is 15.4 Å². The van der Waals surface area contributed by atoms with Gasteiger partial charge in [-0.1, -0.05) is 6.07 Å². The number of piperidine rings is 1. The van der Waals surface area contributed by atoms with Crippen LogP contribution in [-0.2, 0) is 4.79 Å². The van der Waals surface area contributed by atoms with Gasteiger partial charge >= 0.3 is 0 Å². The van der Waals surface area contributed by atoms with E-state index in [1.807, 2.05) is 4.90 Å². The van der Waals surface area contributed by atoms with E-state index < -0.39 is 0 Å². The van der Waals surface area contributed by atoms with Crippen molar-refractivity contribution in [3.05, 3.63) is 30.1 Å². The summed E-state index contributed by atoms with van der Waals surface area (Å²) in [6, 6.07) is 6.40. The van der Waals surface area contributed by atoms with Gasteiger partial charge in [0, 0.05) is 44.0 Å². The Balaban J connectivity index is 1.48. The second kappa shape index (κ2) is 6.02. The third-order valence-electron chi connectivity index (χ3n) is 4.38. The summed E-state index contributed by atoms with van der Waals surface area (Å²) in [5.41, 5.74) is 5.74. The van der Waals surface area contributed by atoms with E-state index >= 15 is 0 Å². The predicted octanol–water partition coefficient (Wildman–Crippen LogP) is 1.93. The number of carbonyl (C=O) groups is 1. The zero-order chi connectivity index (χ0) is 14.8. The molecule has 0 spiro atoms. The SMILES string of the molecule is NC1CC(C(=O)N2CCC(Oc3cccc(F)c3)CC2)C1. The Kier molecular flexibility index (Phi) is 4.10. The maximum atomic E-state index is 13.1. The largest absolute Gasteiger partial charge is 0.490 e. The first-order valence-corrected chi connectivity index (χ1v) is 7.58. The van der Waals surface area contributed by atoms with Crippen molar-refractivity contribution in [1.29, 1.82) is 0 Å². The van der Waals surface area contributed by atoms with E-state index in [0.717, 1.165) is 25.7 Å². The molecule has 21 heavy (non-hydrogen) atoms. The number of benzene rings is 1. The molecule has 1 amide bonds. The highest BCUT2D eigenvalue weighted by Gasteiger charge is 2.36. The highest BCUT2D eigenvalue weighted by Crippen LogP contribution is 2.29. The van der Waals surface area contributed by atoms with Gasteiger partial charge in [0.2, 0.25) is 5.91 Å². The maximum absolute atomic E-state index is 13.1. The van der Waals surface area contributed by atoms with Crippen LogP contribution in [0.15, 0.2) is 24.3 Å². The fourth-order valence-electron chi connectivity index (χ4n) is 3.05. The Morgan fingerprint density at radius 2 is 2.00 bits per heavy atom. The molecule has 0 bridgehead atoms. The normalized spacial score (nSPS) is 26.3. The molecule has 2 aliphatic rings. The van der Waals surface area contributed by atoms with Gasteiger partial charge in [-0.3, -0.25) is 4.79 Å². The summed E-state index contributed by atoms with van der Waals surface area (Å²) in [7, 11) is 0. The molecule has 0 atom stereocenters. The third kappa shape index (κ3) is 3.35. The molecule has 0 unspecified atom stereocenters. The third-order valence-corrected chi connectivity index (χ3v) is 4.38. The second-order valence-electron chi connectivity index (χ2n) is 6.03. The average Bonchev–Trinajstić information content (AvgIpc) is 2.44. The number of halogens is 1. The van der Waals surface area contributed by atoms with Crippen molar-refractivity contribution < 1.29 is 13.9 Å². The number of nitrogens with zero attached hydrogens (tertiary/aromatic N) is 1. The smallest absolute Gasteiger partial charge is 0.225 e. The number of rotatable bonds is 3. The average molecular weight is 292 g/mol. The zero-order valence-electron chi connectivity index (χ0n) is 12.0. The van der Waals surface area contributed by atoms with Gasteiger partial charge in [0.15, 0.2) is 0 Å². The van der Waals surface area contributed by atoms with Crippen LogP contribution in [0.2, 0.25) is 0 Å². The lowest BCUT2D eigenvalue weighted by Gasteiger charge is -2.38. The molecule has 1 saturated carbocycles. The van der Waals surface area contributed by atoms with E-state index in [4.69, 9.17) is 10.5 Å². The number of hydrogen-bond donors (Lipinski definition) is 1. The lowest BCUT2D eigenvalue weighted by atomic mass is 9.79. The molecule has 114 valence electrons. The van der Waals surface area contributed by atoms with E-state index in [1.54, 1.807) is 12.1 Å². The summed E-state index contributed by atoms with van der Waals surface area (Å²) in [4.78, 5) is 14.1. The minimum Gasteiger partial charge on any atom is -0.490 e. The number of likely N-dealkylation sites (tertiary alicyclic amines) is 1. The Bertz CT molecular complexity index is 509. The second-order valence-corrected chi connectivity index (χ2v) is 6.03. The molecule has 2 N–H and O–H groups in total. The lowest BCUT2D eigenvalue weighted by molar-refractivity contribution is -0.140. The molecule has 0 aromatic heterocycles. The molecular weight excluding hydrogens is 271 g/mol. The number of nitrogens with two attached hydrogens (primary N) is 1. The monoisotopic (exact) mass is 292 g/mol. The van der Waals surface area contributed by atoms with Crippen LogP contribution in [0.3, 0.4) is 0 Å². The van der Waals surface area contributed by atoms with Crippen molar-refractivity contribution in [1.82, 2.24) is 4.90 Å². The Morgan fingerprint density at radius 3 is 2.62 bits per heavy atom. The molecule has 0 radical (unpaired) electrons. The van der Waals surface area contributed by atoms with Crippen LogP contribution in [0.1, 0.15) is 25.7 Å². The van der Waals surface area contributed by atoms with Crippen molar-refractivity contribution in [2.75, 3.05) is 13.1 Å². The topological polar surface area (TPSA) is 55.6 Å². The van der Waals surface area contributed by atoms with E-state index in [9.17, 15) is 9.18 Å². The predicted molar refractivity (Wildman–Crippen MR) is 77.3 cm³/mol. The first kappa shape index (κ1) is 14.3. The number of ether oxygens (including phenoxy) is 1. The van der Waals surface area contributed by atoms with Gasteiger partial charge in [0.05, 0.1) is 0 Å². The molecule has 1 aromatic rings. The molecule has 1 aromatic carbocycles.